The van der Waals surface area contributed by atoms with Gasteiger partial charge in [-0.2, -0.15) is 4.98 Å². The number of oxazole rings is 1. The fourth-order valence-corrected chi connectivity index (χ4v) is 4.99. The molecular weight excluding hydrogens is 400 g/mol. The molecule has 2 aromatic carbocycles. The molecule has 0 aliphatic carbocycles. The van der Waals surface area contributed by atoms with E-state index in [1.807, 2.05) is 56.9 Å². The van der Waals surface area contributed by atoms with Gasteiger partial charge in [-0.25, -0.2) is 8.42 Å². The Hall–Kier alpha value is -2.64. The zero-order valence-corrected chi connectivity index (χ0v) is 18.4. The van der Waals surface area contributed by atoms with E-state index in [2.05, 4.69) is 4.98 Å². The minimum Gasteiger partial charge on any atom is -0.419 e. The molecule has 7 heteroatoms. The average Bonchev–Trinajstić information content (AvgIpc) is 3.14. The quantitative estimate of drug-likeness (QED) is 0.616. The van der Waals surface area contributed by atoms with Gasteiger partial charge in [0.2, 0.25) is 26.6 Å². The molecule has 0 saturated carbocycles. The SMILES string of the molecule is Cc1ccc(-c2nc(S(=O)(=O)c3ccc(C)cc3)c(N3C[C@H](C)O[C@@H](C)C3)o2)cc1. The Bertz CT molecular complexity index is 1120. The van der Waals surface area contributed by atoms with Crippen molar-refractivity contribution in [2.45, 2.75) is 49.8 Å². The molecule has 1 fully saturated rings. The number of ether oxygens (including phenoxy) is 1. The highest BCUT2D eigenvalue weighted by Gasteiger charge is 2.34. The summed E-state index contributed by atoms with van der Waals surface area (Å²) >= 11 is 0. The molecule has 0 unspecified atom stereocenters. The molecule has 6 nitrogen and oxygen atoms in total. The van der Waals surface area contributed by atoms with Crippen LogP contribution in [0.25, 0.3) is 11.5 Å². The summed E-state index contributed by atoms with van der Waals surface area (Å²) in [5, 5.41) is -0.0526. The normalized spacial score (nSPS) is 19.8. The van der Waals surface area contributed by atoms with Crippen LogP contribution in [-0.2, 0) is 14.6 Å². The van der Waals surface area contributed by atoms with Crippen molar-refractivity contribution < 1.29 is 17.6 Å². The maximum Gasteiger partial charge on any atom is 0.236 e. The van der Waals surface area contributed by atoms with Gasteiger partial charge in [0.1, 0.15) is 0 Å². The summed E-state index contributed by atoms with van der Waals surface area (Å²) in [5.41, 5.74) is 2.83. The maximum absolute atomic E-state index is 13.5. The van der Waals surface area contributed by atoms with Gasteiger partial charge in [0.05, 0.1) is 17.1 Å². The Labute approximate surface area is 177 Å². The molecule has 1 aromatic heterocycles. The van der Waals surface area contributed by atoms with Crippen molar-refractivity contribution in [3.63, 3.8) is 0 Å². The van der Waals surface area contributed by atoms with Crippen molar-refractivity contribution in [3.05, 3.63) is 59.7 Å². The molecule has 1 aliphatic heterocycles. The van der Waals surface area contributed by atoms with Gasteiger partial charge in [-0.3, -0.25) is 0 Å². The van der Waals surface area contributed by atoms with Crippen molar-refractivity contribution in [2.75, 3.05) is 18.0 Å². The van der Waals surface area contributed by atoms with E-state index in [4.69, 9.17) is 9.15 Å². The lowest BCUT2D eigenvalue weighted by molar-refractivity contribution is -0.00657. The summed E-state index contributed by atoms with van der Waals surface area (Å²) in [6, 6.07) is 14.5. The van der Waals surface area contributed by atoms with Crippen LogP contribution in [0.15, 0.2) is 62.9 Å². The molecule has 0 spiro atoms. The molecule has 2 atom stereocenters. The molecule has 4 rings (SSSR count). The fraction of sp³-hybridized carbons (Fsp3) is 0.348. The van der Waals surface area contributed by atoms with Gasteiger partial charge in [0, 0.05) is 18.7 Å². The van der Waals surface area contributed by atoms with Crippen molar-refractivity contribution >= 4 is 15.7 Å². The molecule has 30 heavy (non-hydrogen) atoms. The smallest absolute Gasteiger partial charge is 0.236 e. The Morgan fingerprint density at radius 1 is 0.900 bits per heavy atom. The molecule has 158 valence electrons. The van der Waals surface area contributed by atoms with Crippen LogP contribution in [-0.4, -0.2) is 38.7 Å². The summed E-state index contributed by atoms with van der Waals surface area (Å²) in [7, 11) is -3.85. The second kappa shape index (κ2) is 7.89. The lowest BCUT2D eigenvalue weighted by Crippen LogP contribution is -2.45. The number of nitrogens with zero attached hydrogens (tertiary/aromatic N) is 2. The van der Waals surface area contributed by atoms with Gasteiger partial charge in [0.25, 0.3) is 0 Å². The van der Waals surface area contributed by atoms with Crippen molar-refractivity contribution in [3.8, 4) is 11.5 Å². The van der Waals surface area contributed by atoms with Crippen LogP contribution in [0, 0.1) is 13.8 Å². The molecule has 2 heterocycles. The number of morpholine rings is 1. The number of aromatic nitrogens is 1. The van der Waals surface area contributed by atoms with Crippen LogP contribution in [0.5, 0.6) is 0 Å². The van der Waals surface area contributed by atoms with Gasteiger partial charge in [-0.1, -0.05) is 35.4 Å². The Morgan fingerprint density at radius 2 is 1.43 bits per heavy atom. The van der Waals surface area contributed by atoms with Gasteiger partial charge >= 0.3 is 0 Å². The summed E-state index contributed by atoms with van der Waals surface area (Å²) in [6.45, 7) is 8.91. The molecule has 1 aliphatic rings. The lowest BCUT2D eigenvalue weighted by atomic mass is 10.1. The highest BCUT2D eigenvalue weighted by atomic mass is 32.2. The molecule has 1 saturated heterocycles. The standard InChI is InChI=1S/C23H26N2O4S/c1-15-5-9-19(10-6-15)21-24-22(30(26,27)20-11-7-16(2)8-12-20)23(29-21)25-13-17(3)28-18(4)14-25/h5-12,17-18H,13-14H2,1-4H3/t17-,18-/m0/s1. The molecule has 0 amide bonds. The summed E-state index contributed by atoms with van der Waals surface area (Å²) < 4.78 is 38.9. The number of hydrogen-bond donors (Lipinski definition) is 0. The molecular formula is C23H26N2O4S. The van der Waals surface area contributed by atoms with Crippen molar-refractivity contribution in [1.29, 1.82) is 0 Å². The number of sulfone groups is 1. The lowest BCUT2D eigenvalue weighted by Gasteiger charge is -2.35. The minimum atomic E-state index is -3.85. The number of hydrogen-bond acceptors (Lipinski definition) is 6. The highest BCUT2D eigenvalue weighted by molar-refractivity contribution is 7.91. The van der Waals surface area contributed by atoms with Crippen LogP contribution in [0.4, 0.5) is 5.88 Å². The second-order valence-electron chi connectivity index (χ2n) is 7.97. The van der Waals surface area contributed by atoms with Crippen LogP contribution in [0.2, 0.25) is 0 Å². The zero-order chi connectivity index (χ0) is 21.5. The first-order valence-corrected chi connectivity index (χ1v) is 11.5. The van der Waals surface area contributed by atoms with Crippen LogP contribution in [0.1, 0.15) is 25.0 Å². The van der Waals surface area contributed by atoms with E-state index in [1.54, 1.807) is 24.3 Å². The Morgan fingerprint density at radius 3 is 2.00 bits per heavy atom. The highest BCUT2D eigenvalue weighted by Crippen LogP contribution is 2.36. The summed E-state index contributed by atoms with van der Waals surface area (Å²) in [4.78, 5) is 6.59. The topological polar surface area (TPSA) is 72.6 Å². The van der Waals surface area contributed by atoms with E-state index in [1.165, 1.54) is 0 Å². The molecule has 3 aromatic rings. The van der Waals surface area contributed by atoms with E-state index >= 15 is 0 Å². The zero-order valence-electron chi connectivity index (χ0n) is 17.6. The number of rotatable bonds is 4. The third-order valence-electron chi connectivity index (χ3n) is 5.17. The van der Waals surface area contributed by atoms with Gasteiger partial charge in [-0.05, 0) is 52.0 Å². The predicted molar refractivity (Wildman–Crippen MR) is 116 cm³/mol. The number of aryl methyl sites for hydroxylation is 2. The number of anilines is 1. The third kappa shape index (κ3) is 4.00. The maximum atomic E-state index is 13.5. The van der Waals surface area contributed by atoms with Crippen LogP contribution in [0.3, 0.4) is 0 Å². The monoisotopic (exact) mass is 426 g/mol. The summed E-state index contributed by atoms with van der Waals surface area (Å²) in [6.07, 6.45) is -0.0896. The average molecular weight is 427 g/mol. The first kappa shape index (κ1) is 20.6. The molecule has 0 radical (unpaired) electrons. The Balaban J connectivity index is 1.85. The first-order chi connectivity index (χ1) is 14.2. The van der Waals surface area contributed by atoms with Gasteiger partial charge < -0.3 is 14.1 Å². The van der Waals surface area contributed by atoms with E-state index < -0.39 is 9.84 Å². The van der Waals surface area contributed by atoms with Crippen LogP contribution >= 0.6 is 0 Å². The van der Waals surface area contributed by atoms with Gasteiger partial charge in [-0.15, -0.1) is 0 Å². The van der Waals surface area contributed by atoms with E-state index in [-0.39, 0.29) is 28.0 Å². The largest absolute Gasteiger partial charge is 0.419 e. The van der Waals surface area contributed by atoms with Gasteiger partial charge in [0.15, 0.2) is 0 Å². The second-order valence-corrected chi connectivity index (χ2v) is 9.84. The molecule has 0 bridgehead atoms. The van der Waals surface area contributed by atoms with Crippen molar-refractivity contribution in [1.82, 2.24) is 4.98 Å². The molecule has 0 N–H and O–H groups in total. The third-order valence-corrected chi connectivity index (χ3v) is 6.84. The first-order valence-electron chi connectivity index (χ1n) is 10.0. The fourth-order valence-electron chi connectivity index (χ4n) is 3.67. The van der Waals surface area contributed by atoms with E-state index in [0.29, 0.717) is 19.0 Å². The van der Waals surface area contributed by atoms with Crippen LogP contribution < -0.4 is 4.90 Å². The number of benzene rings is 2. The Kier molecular flexibility index (Phi) is 5.42. The van der Waals surface area contributed by atoms with E-state index in [0.717, 1.165) is 16.7 Å². The minimum absolute atomic E-state index is 0.0448. The summed E-state index contributed by atoms with van der Waals surface area (Å²) in [5.74, 6) is 0.565. The van der Waals surface area contributed by atoms with E-state index in [9.17, 15) is 8.42 Å². The predicted octanol–water partition coefficient (Wildman–Crippen LogP) is 4.40. The van der Waals surface area contributed by atoms with Crippen molar-refractivity contribution in [2.24, 2.45) is 0 Å².